The van der Waals surface area contributed by atoms with Gasteiger partial charge >= 0.3 is 0 Å². The molecule has 1 aliphatic carbocycles. The van der Waals surface area contributed by atoms with Gasteiger partial charge in [-0.05, 0) is 24.5 Å². The van der Waals surface area contributed by atoms with Crippen LogP contribution in [-0.4, -0.2) is 15.7 Å². The van der Waals surface area contributed by atoms with E-state index in [-0.39, 0.29) is 0 Å². The van der Waals surface area contributed by atoms with E-state index >= 15 is 0 Å². The molecular formula is C12H18N2O. The van der Waals surface area contributed by atoms with Crippen molar-refractivity contribution >= 4 is 5.69 Å². The van der Waals surface area contributed by atoms with Crippen molar-refractivity contribution in [2.45, 2.75) is 44.1 Å². The predicted molar refractivity (Wildman–Crippen MR) is 60.4 cm³/mol. The van der Waals surface area contributed by atoms with Gasteiger partial charge in [0.2, 0.25) is 0 Å². The lowest BCUT2D eigenvalue weighted by molar-refractivity contribution is 0.00456. The SMILES string of the molecule is Nc1ccncc1CC1(O)CCCCC1. The number of nitrogens with zero attached hydrogens (tertiary/aromatic N) is 1. The van der Waals surface area contributed by atoms with Gasteiger partial charge in [-0.2, -0.15) is 0 Å². The van der Waals surface area contributed by atoms with Crippen molar-refractivity contribution in [3.8, 4) is 0 Å². The van der Waals surface area contributed by atoms with Crippen LogP contribution in [0, 0.1) is 0 Å². The van der Waals surface area contributed by atoms with Gasteiger partial charge in [0.1, 0.15) is 0 Å². The second kappa shape index (κ2) is 4.19. The van der Waals surface area contributed by atoms with Gasteiger partial charge in [-0.25, -0.2) is 0 Å². The third kappa shape index (κ3) is 2.48. The first-order valence-electron chi connectivity index (χ1n) is 5.60. The summed E-state index contributed by atoms with van der Waals surface area (Å²) in [5.74, 6) is 0. The van der Waals surface area contributed by atoms with Gasteiger partial charge in [-0.3, -0.25) is 4.98 Å². The van der Waals surface area contributed by atoms with E-state index in [1.54, 1.807) is 18.5 Å². The van der Waals surface area contributed by atoms with Crippen LogP contribution in [0.15, 0.2) is 18.5 Å². The van der Waals surface area contributed by atoms with Crippen LogP contribution in [0.4, 0.5) is 5.69 Å². The van der Waals surface area contributed by atoms with E-state index in [1.165, 1.54) is 6.42 Å². The Kier molecular flexibility index (Phi) is 2.91. The number of hydrogen-bond acceptors (Lipinski definition) is 3. The topological polar surface area (TPSA) is 59.1 Å². The maximum Gasteiger partial charge on any atom is 0.0689 e. The van der Waals surface area contributed by atoms with Gasteiger partial charge < -0.3 is 10.8 Å². The van der Waals surface area contributed by atoms with Crippen LogP contribution in [-0.2, 0) is 6.42 Å². The molecule has 1 aromatic rings. The number of aliphatic hydroxyl groups is 1. The number of nitrogens with two attached hydrogens (primary N) is 1. The van der Waals surface area contributed by atoms with Gasteiger partial charge in [0.05, 0.1) is 5.60 Å². The van der Waals surface area contributed by atoms with E-state index in [2.05, 4.69) is 4.98 Å². The minimum absolute atomic E-state index is 0.546. The number of rotatable bonds is 2. The minimum Gasteiger partial charge on any atom is -0.398 e. The zero-order chi connectivity index (χ0) is 10.7. The largest absolute Gasteiger partial charge is 0.398 e. The standard InChI is InChI=1S/C12H18N2O/c13-11-4-7-14-9-10(11)8-12(15)5-2-1-3-6-12/h4,7,9,15H,1-3,5-6,8H2,(H2,13,14). The first-order valence-corrected chi connectivity index (χ1v) is 5.60. The van der Waals surface area contributed by atoms with Crippen molar-refractivity contribution in [3.63, 3.8) is 0 Å². The van der Waals surface area contributed by atoms with Crippen molar-refractivity contribution in [1.29, 1.82) is 0 Å². The molecule has 1 aliphatic rings. The molecule has 2 rings (SSSR count). The average Bonchev–Trinajstić information content (AvgIpc) is 2.22. The lowest BCUT2D eigenvalue weighted by Gasteiger charge is -2.32. The molecule has 1 aromatic heterocycles. The Morgan fingerprint density at radius 1 is 1.33 bits per heavy atom. The fourth-order valence-corrected chi connectivity index (χ4v) is 2.33. The quantitative estimate of drug-likeness (QED) is 0.777. The Labute approximate surface area is 90.3 Å². The number of nitrogen functional groups attached to an aromatic ring is 1. The summed E-state index contributed by atoms with van der Waals surface area (Å²) in [4.78, 5) is 4.05. The summed E-state index contributed by atoms with van der Waals surface area (Å²) in [7, 11) is 0. The summed E-state index contributed by atoms with van der Waals surface area (Å²) in [5, 5.41) is 10.4. The van der Waals surface area contributed by atoms with E-state index in [4.69, 9.17) is 5.73 Å². The Bertz CT molecular complexity index is 332. The van der Waals surface area contributed by atoms with Gasteiger partial charge in [0.25, 0.3) is 0 Å². The summed E-state index contributed by atoms with van der Waals surface area (Å²) < 4.78 is 0. The summed E-state index contributed by atoms with van der Waals surface area (Å²) in [6, 6.07) is 1.79. The molecule has 0 aromatic carbocycles. The molecule has 0 spiro atoms. The molecule has 82 valence electrons. The van der Waals surface area contributed by atoms with Gasteiger partial charge in [0.15, 0.2) is 0 Å². The number of aromatic nitrogens is 1. The molecule has 0 saturated heterocycles. The molecule has 15 heavy (non-hydrogen) atoms. The molecule has 0 aliphatic heterocycles. The third-order valence-electron chi connectivity index (χ3n) is 3.25. The number of pyridine rings is 1. The van der Waals surface area contributed by atoms with Crippen molar-refractivity contribution < 1.29 is 5.11 Å². The smallest absolute Gasteiger partial charge is 0.0689 e. The Balaban J connectivity index is 2.10. The van der Waals surface area contributed by atoms with E-state index in [0.717, 1.165) is 36.9 Å². The molecule has 0 bridgehead atoms. The predicted octanol–water partition coefficient (Wildman–Crippen LogP) is 1.90. The Hall–Kier alpha value is -1.09. The van der Waals surface area contributed by atoms with Crippen LogP contribution in [0.1, 0.15) is 37.7 Å². The molecule has 0 amide bonds. The highest BCUT2D eigenvalue weighted by atomic mass is 16.3. The van der Waals surface area contributed by atoms with Gasteiger partial charge in [-0.15, -0.1) is 0 Å². The zero-order valence-electron chi connectivity index (χ0n) is 8.95. The maximum atomic E-state index is 10.4. The summed E-state index contributed by atoms with van der Waals surface area (Å²) >= 11 is 0. The van der Waals surface area contributed by atoms with E-state index < -0.39 is 5.60 Å². The molecule has 1 heterocycles. The molecule has 3 nitrogen and oxygen atoms in total. The van der Waals surface area contributed by atoms with E-state index in [1.807, 2.05) is 0 Å². The fourth-order valence-electron chi connectivity index (χ4n) is 2.33. The third-order valence-corrected chi connectivity index (χ3v) is 3.25. The maximum absolute atomic E-state index is 10.4. The van der Waals surface area contributed by atoms with E-state index in [9.17, 15) is 5.11 Å². The lowest BCUT2D eigenvalue weighted by atomic mass is 9.80. The normalized spacial score (nSPS) is 20.1. The van der Waals surface area contributed by atoms with Crippen molar-refractivity contribution in [1.82, 2.24) is 4.98 Å². The molecule has 0 radical (unpaired) electrons. The van der Waals surface area contributed by atoms with Crippen molar-refractivity contribution in [2.75, 3.05) is 5.73 Å². The summed E-state index contributed by atoms with van der Waals surface area (Å²) in [6.07, 6.45) is 9.36. The van der Waals surface area contributed by atoms with Crippen LogP contribution >= 0.6 is 0 Å². The van der Waals surface area contributed by atoms with Crippen LogP contribution in [0.5, 0.6) is 0 Å². The first kappa shape index (κ1) is 10.4. The molecule has 1 fully saturated rings. The second-order valence-electron chi connectivity index (χ2n) is 4.54. The van der Waals surface area contributed by atoms with Crippen molar-refractivity contribution in [2.24, 2.45) is 0 Å². The lowest BCUT2D eigenvalue weighted by Crippen LogP contribution is -2.34. The first-order chi connectivity index (χ1) is 7.20. The second-order valence-corrected chi connectivity index (χ2v) is 4.54. The van der Waals surface area contributed by atoms with Crippen LogP contribution in [0.25, 0.3) is 0 Å². The van der Waals surface area contributed by atoms with Gasteiger partial charge in [-0.1, -0.05) is 19.3 Å². The number of hydrogen-bond donors (Lipinski definition) is 2. The minimum atomic E-state index is -0.546. The highest BCUT2D eigenvalue weighted by molar-refractivity contribution is 5.45. The van der Waals surface area contributed by atoms with Crippen LogP contribution < -0.4 is 5.73 Å². The summed E-state index contributed by atoms with van der Waals surface area (Å²) in [5.41, 5.74) is 7.01. The molecule has 1 saturated carbocycles. The molecule has 3 N–H and O–H groups in total. The van der Waals surface area contributed by atoms with Crippen LogP contribution in [0.3, 0.4) is 0 Å². The van der Waals surface area contributed by atoms with E-state index in [0.29, 0.717) is 6.42 Å². The monoisotopic (exact) mass is 206 g/mol. The Morgan fingerprint density at radius 3 is 2.73 bits per heavy atom. The molecular weight excluding hydrogens is 188 g/mol. The van der Waals surface area contributed by atoms with Gasteiger partial charge in [0, 0.05) is 24.5 Å². The molecule has 0 atom stereocenters. The highest BCUT2D eigenvalue weighted by Gasteiger charge is 2.29. The summed E-state index contributed by atoms with van der Waals surface area (Å²) in [6.45, 7) is 0. The Morgan fingerprint density at radius 2 is 2.07 bits per heavy atom. The molecule has 0 unspecified atom stereocenters. The average molecular weight is 206 g/mol. The number of anilines is 1. The molecule has 3 heteroatoms. The zero-order valence-corrected chi connectivity index (χ0v) is 8.95. The van der Waals surface area contributed by atoms with Crippen LogP contribution in [0.2, 0.25) is 0 Å². The highest BCUT2D eigenvalue weighted by Crippen LogP contribution is 2.32. The van der Waals surface area contributed by atoms with Crippen molar-refractivity contribution in [3.05, 3.63) is 24.0 Å². The fraction of sp³-hybridized carbons (Fsp3) is 0.583.